The van der Waals surface area contributed by atoms with Gasteiger partial charge in [-0.25, -0.2) is 0 Å². The summed E-state index contributed by atoms with van der Waals surface area (Å²) in [5.74, 6) is 0.992. The highest BCUT2D eigenvalue weighted by Gasteiger charge is 2.23. The molecule has 0 saturated carbocycles. The Morgan fingerprint density at radius 2 is 2.05 bits per heavy atom. The number of nitrogens with two attached hydrogens (primary N) is 1. The molecular formula is C15H24N2O2. The van der Waals surface area contributed by atoms with Gasteiger partial charge >= 0.3 is 0 Å². The molecule has 0 atom stereocenters. The molecule has 0 saturated heterocycles. The molecule has 19 heavy (non-hydrogen) atoms. The van der Waals surface area contributed by atoms with Crippen LogP contribution in [-0.4, -0.2) is 19.6 Å². The average molecular weight is 264 g/mol. The van der Waals surface area contributed by atoms with Crippen LogP contribution in [0.1, 0.15) is 38.1 Å². The molecule has 0 aromatic heterocycles. The zero-order valence-electron chi connectivity index (χ0n) is 12.4. The highest BCUT2D eigenvalue weighted by Crippen LogP contribution is 2.25. The topological polar surface area (TPSA) is 64.3 Å². The lowest BCUT2D eigenvalue weighted by molar-refractivity contribution is 0.0925. The first-order valence-electron chi connectivity index (χ1n) is 6.49. The van der Waals surface area contributed by atoms with Crippen molar-refractivity contribution < 1.29 is 9.53 Å². The lowest BCUT2D eigenvalue weighted by atomic mass is 9.81. The number of benzene rings is 1. The third kappa shape index (κ3) is 3.88. The minimum absolute atomic E-state index is 0.0525. The number of nitrogens with one attached hydrogen (secondary N) is 1. The van der Waals surface area contributed by atoms with Gasteiger partial charge in [0.1, 0.15) is 5.75 Å². The number of methoxy groups -OCH3 is 1. The Morgan fingerprint density at radius 3 is 2.53 bits per heavy atom. The molecule has 4 heteroatoms. The maximum absolute atomic E-state index is 12.1. The number of anilines is 1. The molecule has 0 radical (unpaired) electrons. The molecule has 0 spiro atoms. The lowest BCUT2D eigenvalue weighted by Gasteiger charge is -2.29. The number of amides is 1. The van der Waals surface area contributed by atoms with E-state index in [2.05, 4.69) is 33.0 Å². The maximum Gasteiger partial charge on any atom is 0.253 e. The van der Waals surface area contributed by atoms with Crippen molar-refractivity contribution in [2.75, 3.05) is 19.4 Å². The minimum atomic E-state index is -0.145. The van der Waals surface area contributed by atoms with Crippen molar-refractivity contribution in [2.24, 2.45) is 11.3 Å². The first kappa shape index (κ1) is 15.3. The molecule has 0 bridgehead atoms. The van der Waals surface area contributed by atoms with Crippen molar-refractivity contribution in [1.82, 2.24) is 5.32 Å². The highest BCUT2D eigenvalue weighted by atomic mass is 16.5. The van der Waals surface area contributed by atoms with E-state index in [1.807, 2.05) is 0 Å². The zero-order valence-corrected chi connectivity index (χ0v) is 12.4. The van der Waals surface area contributed by atoms with Gasteiger partial charge in [-0.05, 0) is 23.5 Å². The summed E-state index contributed by atoms with van der Waals surface area (Å²) in [5, 5.41) is 2.94. The number of nitrogen functional groups attached to an aromatic ring is 1. The second-order valence-electron chi connectivity index (χ2n) is 5.78. The van der Waals surface area contributed by atoms with Crippen molar-refractivity contribution in [2.45, 2.75) is 27.7 Å². The third-order valence-corrected chi connectivity index (χ3v) is 3.77. The van der Waals surface area contributed by atoms with Crippen LogP contribution in [0.4, 0.5) is 5.69 Å². The summed E-state index contributed by atoms with van der Waals surface area (Å²) in [6, 6.07) is 5.08. The van der Waals surface area contributed by atoms with E-state index < -0.39 is 0 Å². The van der Waals surface area contributed by atoms with Gasteiger partial charge in [0.15, 0.2) is 0 Å². The van der Waals surface area contributed by atoms with Gasteiger partial charge in [-0.1, -0.05) is 27.7 Å². The second kappa shape index (κ2) is 5.95. The van der Waals surface area contributed by atoms with Gasteiger partial charge in [-0.2, -0.15) is 0 Å². The Bertz CT molecular complexity index is 453. The summed E-state index contributed by atoms with van der Waals surface area (Å²) in [6.45, 7) is 9.18. The Balaban J connectivity index is 2.74. The molecule has 0 unspecified atom stereocenters. The van der Waals surface area contributed by atoms with Gasteiger partial charge in [-0.3, -0.25) is 4.79 Å². The third-order valence-electron chi connectivity index (χ3n) is 3.77. The van der Waals surface area contributed by atoms with Crippen LogP contribution in [0.3, 0.4) is 0 Å². The van der Waals surface area contributed by atoms with Gasteiger partial charge in [0.25, 0.3) is 5.91 Å². The molecule has 1 rings (SSSR count). The van der Waals surface area contributed by atoms with E-state index in [-0.39, 0.29) is 11.3 Å². The van der Waals surface area contributed by atoms with Crippen LogP contribution in [0.15, 0.2) is 18.2 Å². The SMILES string of the molecule is COc1ccc(C(=O)NCC(C)(C)C(C)C)c(N)c1. The Morgan fingerprint density at radius 1 is 1.42 bits per heavy atom. The normalized spacial score (nSPS) is 11.5. The number of hydrogen-bond acceptors (Lipinski definition) is 3. The van der Waals surface area contributed by atoms with Crippen molar-refractivity contribution >= 4 is 11.6 Å². The van der Waals surface area contributed by atoms with E-state index in [0.717, 1.165) is 0 Å². The van der Waals surface area contributed by atoms with Crippen molar-refractivity contribution in [3.63, 3.8) is 0 Å². The molecule has 4 nitrogen and oxygen atoms in total. The highest BCUT2D eigenvalue weighted by molar-refractivity contribution is 5.99. The number of rotatable bonds is 5. The van der Waals surface area contributed by atoms with Gasteiger partial charge in [0.05, 0.1) is 12.7 Å². The molecule has 0 fully saturated rings. The fraction of sp³-hybridized carbons (Fsp3) is 0.533. The molecule has 1 aromatic rings. The van der Waals surface area contributed by atoms with E-state index in [1.165, 1.54) is 0 Å². The summed E-state index contributed by atoms with van der Waals surface area (Å²) >= 11 is 0. The van der Waals surface area contributed by atoms with E-state index in [1.54, 1.807) is 25.3 Å². The molecule has 0 aliphatic rings. The standard InChI is InChI=1S/C15H24N2O2/c1-10(2)15(3,4)9-17-14(18)12-7-6-11(19-5)8-13(12)16/h6-8,10H,9,16H2,1-5H3,(H,17,18). The zero-order chi connectivity index (χ0) is 14.6. The Kier molecular flexibility index (Phi) is 4.81. The summed E-state index contributed by atoms with van der Waals surface area (Å²) in [6.07, 6.45) is 0. The predicted octanol–water partition coefficient (Wildman–Crippen LogP) is 2.69. The van der Waals surface area contributed by atoms with Crippen molar-refractivity contribution in [3.05, 3.63) is 23.8 Å². The quantitative estimate of drug-likeness (QED) is 0.804. The summed E-state index contributed by atoms with van der Waals surface area (Å²) < 4.78 is 5.06. The van der Waals surface area contributed by atoms with Crippen LogP contribution in [0.5, 0.6) is 5.75 Å². The van der Waals surface area contributed by atoms with Crippen LogP contribution in [-0.2, 0) is 0 Å². The first-order chi connectivity index (χ1) is 8.77. The molecule has 106 valence electrons. The molecule has 0 aliphatic heterocycles. The predicted molar refractivity (Wildman–Crippen MR) is 78.4 cm³/mol. The van der Waals surface area contributed by atoms with Crippen LogP contribution in [0, 0.1) is 11.3 Å². The summed E-state index contributed by atoms with van der Waals surface area (Å²) in [5.41, 5.74) is 6.82. The van der Waals surface area contributed by atoms with E-state index >= 15 is 0 Å². The van der Waals surface area contributed by atoms with Gasteiger partial charge in [0.2, 0.25) is 0 Å². The largest absolute Gasteiger partial charge is 0.497 e. The molecule has 1 amide bonds. The average Bonchev–Trinajstić information content (AvgIpc) is 2.35. The minimum Gasteiger partial charge on any atom is -0.497 e. The van der Waals surface area contributed by atoms with E-state index in [9.17, 15) is 4.79 Å². The van der Waals surface area contributed by atoms with Crippen LogP contribution >= 0.6 is 0 Å². The smallest absolute Gasteiger partial charge is 0.253 e. The van der Waals surface area contributed by atoms with Crippen molar-refractivity contribution in [3.8, 4) is 5.75 Å². The molecule has 0 aliphatic carbocycles. The van der Waals surface area contributed by atoms with E-state index in [4.69, 9.17) is 10.5 Å². The fourth-order valence-electron chi connectivity index (χ4n) is 1.48. The fourth-order valence-corrected chi connectivity index (χ4v) is 1.48. The Labute approximate surface area is 115 Å². The number of carbonyl (C=O) groups excluding carboxylic acids is 1. The van der Waals surface area contributed by atoms with Gasteiger partial charge < -0.3 is 15.8 Å². The molecule has 0 heterocycles. The maximum atomic E-state index is 12.1. The van der Waals surface area contributed by atoms with Crippen LogP contribution in [0.2, 0.25) is 0 Å². The van der Waals surface area contributed by atoms with E-state index in [0.29, 0.717) is 29.5 Å². The molecule has 3 N–H and O–H groups in total. The first-order valence-corrected chi connectivity index (χ1v) is 6.49. The summed E-state index contributed by atoms with van der Waals surface area (Å²) in [7, 11) is 1.57. The molecular weight excluding hydrogens is 240 g/mol. The number of hydrogen-bond donors (Lipinski definition) is 2. The number of carbonyl (C=O) groups is 1. The monoisotopic (exact) mass is 264 g/mol. The van der Waals surface area contributed by atoms with Crippen LogP contribution in [0.25, 0.3) is 0 Å². The lowest BCUT2D eigenvalue weighted by Crippen LogP contribution is -2.37. The summed E-state index contributed by atoms with van der Waals surface area (Å²) in [4.78, 5) is 12.1. The van der Waals surface area contributed by atoms with Crippen molar-refractivity contribution in [1.29, 1.82) is 0 Å². The number of ether oxygens (including phenoxy) is 1. The van der Waals surface area contributed by atoms with Gasteiger partial charge in [-0.15, -0.1) is 0 Å². The molecule has 1 aromatic carbocycles. The Hall–Kier alpha value is -1.71. The van der Waals surface area contributed by atoms with Crippen LogP contribution < -0.4 is 15.8 Å². The van der Waals surface area contributed by atoms with Gasteiger partial charge in [0, 0.05) is 18.3 Å². The second-order valence-corrected chi connectivity index (χ2v) is 5.78.